The summed E-state index contributed by atoms with van der Waals surface area (Å²) in [5.41, 5.74) is 6.71. The lowest BCUT2D eigenvalue weighted by Gasteiger charge is -2.02. The maximum atomic E-state index is 4.48. The number of hydrogen-bond acceptors (Lipinski definition) is 7. The molecular formula is C20H18N8. The Bertz CT molecular complexity index is 1060. The summed E-state index contributed by atoms with van der Waals surface area (Å²) >= 11 is 0. The molecule has 0 radical (unpaired) electrons. The molecule has 0 saturated heterocycles. The Morgan fingerprint density at radius 1 is 0.714 bits per heavy atom. The van der Waals surface area contributed by atoms with Crippen molar-refractivity contribution in [2.75, 3.05) is 18.5 Å². The normalized spacial score (nSPS) is 16.1. The van der Waals surface area contributed by atoms with Gasteiger partial charge in [0.25, 0.3) is 5.95 Å². The second-order valence-electron chi connectivity index (χ2n) is 5.94. The lowest BCUT2D eigenvalue weighted by atomic mass is 10.1. The molecule has 0 unspecified atom stereocenters. The topological polar surface area (TPSA) is 92.2 Å². The molecule has 1 aromatic heterocycles. The minimum absolute atomic E-state index is 0.411. The van der Waals surface area contributed by atoms with Crippen molar-refractivity contribution in [3.63, 3.8) is 0 Å². The number of hydrogen-bond donors (Lipinski definition) is 1. The summed E-state index contributed by atoms with van der Waals surface area (Å²) in [6.45, 7) is 1.22. The van der Waals surface area contributed by atoms with Crippen LogP contribution in [0.15, 0.2) is 75.0 Å². The SMILES string of the molecule is C1=NCCN=Cc2ccccc2/C=N/n2cnnc2N/N=C/c2ccccc21. The molecule has 0 bridgehead atoms. The maximum absolute atomic E-state index is 4.48. The highest BCUT2D eigenvalue weighted by molar-refractivity contribution is 5.95. The van der Waals surface area contributed by atoms with Gasteiger partial charge < -0.3 is 0 Å². The van der Waals surface area contributed by atoms with Gasteiger partial charge in [0.2, 0.25) is 0 Å². The van der Waals surface area contributed by atoms with Crippen LogP contribution in [0.3, 0.4) is 0 Å². The monoisotopic (exact) mass is 370 g/mol. The van der Waals surface area contributed by atoms with Gasteiger partial charge in [-0.05, 0) is 0 Å². The van der Waals surface area contributed by atoms with Crippen molar-refractivity contribution in [3.8, 4) is 0 Å². The van der Waals surface area contributed by atoms with E-state index in [0.717, 1.165) is 22.3 Å². The minimum Gasteiger partial charge on any atom is -0.291 e. The molecule has 3 aromatic rings. The number of benzene rings is 2. The van der Waals surface area contributed by atoms with Crippen molar-refractivity contribution >= 4 is 30.8 Å². The van der Waals surface area contributed by atoms with Crippen molar-refractivity contribution in [1.82, 2.24) is 14.9 Å². The average Bonchev–Trinajstić information content (AvgIpc) is 3.17. The van der Waals surface area contributed by atoms with Crippen LogP contribution in [0.2, 0.25) is 0 Å². The number of rotatable bonds is 0. The fourth-order valence-electron chi connectivity index (χ4n) is 2.61. The molecular weight excluding hydrogens is 352 g/mol. The minimum atomic E-state index is 0.411. The molecule has 1 aliphatic heterocycles. The summed E-state index contributed by atoms with van der Waals surface area (Å²) in [5, 5.41) is 16.6. The Morgan fingerprint density at radius 3 is 1.93 bits per heavy atom. The maximum Gasteiger partial charge on any atom is 0.265 e. The van der Waals surface area contributed by atoms with E-state index >= 15 is 0 Å². The third-order valence-electron chi connectivity index (χ3n) is 4.03. The lowest BCUT2D eigenvalue weighted by molar-refractivity contribution is 0.879. The van der Waals surface area contributed by atoms with Crippen LogP contribution in [0, 0.1) is 0 Å². The van der Waals surface area contributed by atoms with E-state index in [1.165, 1.54) is 11.0 Å². The zero-order chi connectivity index (χ0) is 19.0. The molecule has 0 fully saturated rings. The molecule has 2 aromatic carbocycles. The second-order valence-corrected chi connectivity index (χ2v) is 5.94. The zero-order valence-electron chi connectivity index (χ0n) is 15.1. The number of aliphatic imine (C=N–C) groups is 2. The molecule has 2 heterocycles. The number of fused-ring (bicyclic) bond motifs is 3. The summed E-state index contributed by atoms with van der Waals surface area (Å²) in [6, 6.07) is 15.8. The second kappa shape index (κ2) is 8.63. The van der Waals surface area contributed by atoms with Crippen LogP contribution in [0.1, 0.15) is 22.3 Å². The smallest absolute Gasteiger partial charge is 0.265 e. The summed E-state index contributed by atoms with van der Waals surface area (Å²) in [6.07, 6.45) is 8.66. The van der Waals surface area contributed by atoms with Gasteiger partial charge in [0.1, 0.15) is 6.33 Å². The molecule has 4 rings (SSSR count). The highest BCUT2D eigenvalue weighted by Gasteiger charge is 2.02. The molecule has 0 aliphatic carbocycles. The first-order chi connectivity index (χ1) is 13.9. The lowest BCUT2D eigenvalue weighted by Crippen LogP contribution is -2.00. The van der Waals surface area contributed by atoms with E-state index in [9.17, 15) is 0 Å². The molecule has 0 spiro atoms. The zero-order valence-corrected chi connectivity index (χ0v) is 15.1. The van der Waals surface area contributed by atoms with Crippen LogP contribution in [-0.2, 0) is 0 Å². The van der Waals surface area contributed by atoms with E-state index in [4.69, 9.17) is 0 Å². The number of aromatic nitrogens is 3. The Balaban J connectivity index is 1.70. The van der Waals surface area contributed by atoms with Crippen LogP contribution < -0.4 is 5.43 Å². The number of nitrogens with one attached hydrogen (secondary N) is 1. The average molecular weight is 370 g/mol. The van der Waals surface area contributed by atoms with Crippen molar-refractivity contribution in [1.29, 1.82) is 0 Å². The fraction of sp³-hybridized carbons (Fsp3) is 0.100. The third kappa shape index (κ3) is 4.24. The van der Waals surface area contributed by atoms with Gasteiger partial charge in [-0.25, -0.2) is 5.43 Å². The van der Waals surface area contributed by atoms with E-state index in [-0.39, 0.29) is 0 Å². The quantitative estimate of drug-likeness (QED) is 0.659. The van der Waals surface area contributed by atoms with Crippen molar-refractivity contribution in [2.24, 2.45) is 20.2 Å². The van der Waals surface area contributed by atoms with Gasteiger partial charge in [-0.1, -0.05) is 48.5 Å². The predicted octanol–water partition coefficient (Wildman–Crippen LogP) is 2.46. The van der Waals surface area contributed by atoms with Gasteiger partial charge in [-0.15, -0.1) is 10.2 Å². The molecule has 0 atom stereocenters. The summed E-state index contributed by atoms with van der Waals surface area (Å²) in [5.74, 6) is 0.411. The fourth-order valence-corrected chi connectivity index (χ4v) is 2.61. The van der Waals surface area contributed by atoms with Crippen molar-refractivity contribution in [2.45, 2.75) is 0 Å². The van der Waals surface area contributed by atoms with Crippen molar-refractivity contribution in [3.05, 3.63) is 77.1 Å². The van der Waals surface area contributed by atoms with Crippen LogP contribution >= 0.6 is 0 Å². The number of hydrazone groups is 1. The highest BCUT2D eigenvalue weighted by Crippen LogP contribution is 2.08. The number of nitrogens with zero attached hydrogens (tertiary/aromatic N) is 7. The van der Waals surface area contributed by atoms with E-state index in [1.54, 1.807) is 12.4 Å². The van der Waals surface area contributed by atoms with Crippen LogP contribution in [0.5, 0.6) is 0 Å². The molecule has 8 heteroatoms. The first kappa shape index (κ1) is 17.5. The van der Waals surface area contributed by atoms with Crippen LogP contribution in [-0.4, -0.2) is 52.8 Å². The molecule has 28 heavy (non-hydrogen) atoms. The highest BCUT2D eigenvalue weighted by atomic mass is 15.5. The summed E-state index contributed by atoms with van der Waals surface area (Å²) in [7, 11) is 0. The van der Waals surface area contributed by atoms with Gasteiger partial charge >= 0.3 is 0 Å². The Hall–Kier alpha value is -3.94. The van der Waals surface area contributed by atoms with E-state index in [2.05, 4.69) is 35.8 Å². The largest absolute Gasteiger partial charge is 0.291 e. The summed E-state index contributed by atoms with van der Waals surface area (Å²) < 4.78 is 1.52. The van der Waals surface area contributed by atoms with E-state index in [1.807, 2.05) is 61.0 Å². The summed E-state index contributed by atoms with van der Waals surface area (Å²) in [4.78, 5) is 8.95. The van der Waals surface area contributed by atoms with Gasteiger partial charge in [-0.2, -0.15) is 14.9 Å². The van der Waals surface area contributed by atoms with Crippen LogP contribution in [0.4, 0.5) is 5.95 Å². The van der Waals surface area contributed by atoms with Gasteiger partial charge in [0, 0.05) is 34.7 Å². The first-order valence-electron chi connectivity index (χ1n) is 8.81. The van der Waals surface area contributed by atoms with Crippen molar-refractivity contribution < 1.29 is 0 Å². The Labute approximate surface area is 162 Å². The third-order valence-corrected chi connectivity index (χ3v) is 4.03. The molecule has 0 saturated carbocycles. The molecule has 0 amide bonds. The van der Waals surface area contributed by atoms with E-state index < -0.39 is 0 Å². The Morgan fingerprint density at radius 2 is 1.29 bits per heavy atom. The van der Waals surface area contributed by atoms with Gasteiger partial charge in [0.05, 0.1) is 25.5 Å². The number of anilines is 1. The first-order valence-corrected chi connectivity index (χ1v) is 8.81. The van der Waals surface area contributed by atoms with Gasteiger partial charge in [-0.3, -0.25) is 9.98 Å². The van der Waals surface area contributed by atoms with Crippen LogP contribution in [0.25, 0.3) is 0 Å². The molecule has 1 aliphatic rings. The molecule has 8 nitrogen and oxygen atoms in total. The van der Waals surface area contributed by atoms with E-state index in [0.29, 0.717) is 19.0 Å². The van der Waals surface area contributed by atoms with Gasteiger partial charge in [0.15, 0.2) is 0 Å². The molecule has 1 N–H and O–H groups in total. The standard InChI is InChI=1S/C20H18N8/c1-3-7-18-13-23-26-20-27-24-15-28(20)25-14-19-8-4-2-6-17(19)12-22-10-9-21-11-16(18)5-1/h1-8,11-15H,9-10H2,(H,26,27)/b21-11?,22-12?,23-13+,25-14+. The predicted molar refractivity (Wildman–Crippen MR) is 112 cm³/mol. The molecule has 138 valence electrons. The Kier molecular flexibility index (Phi) is 5.39.